The monoisotopic (exact) mass is 606 g/mol. The fourth-order valence-electron chi connectivity index (χ4n) is 4.27. The van der Waals surface area contributed by atoms with Gasteiger partial charge < -0.3 is 14.8 Å². The van der Waals surface area contributed by atoms with Crippen molar-refractivity contribution in [3.8, 4) is 11.5 Å². The van der Waals surface area contributed by atoms with Crippen molar-refractivity contribution in [2.45, 2.75) is 37.8 Å². The van der Waals surface area contributed by atoms with Gasteiger partial charge in [-0.15, -0.1) is 37.7 Å². The van der Waals surface area contributed by atoms with Gasteiger partial charge in [0, 0.05) is 11.3 Å². The van der Waals surface area contributed by atoms with Gasteiger partial charge in [0.15, 0.2) is 10.8 Å². The van der Waals surface area contributed by atoms with E-state index in [2.05, 4.69) is 19.8 Å². The van der Waals surface area contributed by atoms with Gasteiger partial charge in [0.1, 0.15) is 11.5 Å². The van der Waals surface area contributed by atoms with Crippen LogP contribution in [-0.2, 0) is 18.1 Å². The normalized spacial score (nSPS) is 12.7. The number of aryl methyl sites for hydroxylation is 1. The molecule has 0 aliphatic carbocycles. The molecule has 14 heteroatoms. The fourth-order valence-corrected chi connectivity index (χ4v) is 5.18. The van der Waals surface area contributed by atoms with E-state index in [1.807, 2.05) is 0 Å². The molecule has 1 N–H and O–H groups in total. The fraction of sp³-hybridized carbons (Fsp3) is 0.222. The molecule has 4 nitrogen and oxygen atoms in total. The number of ether oxygens (including phenoxy) is 2. The van der Waals surface area contributed by atoms with Gasteiger partial charge in [-0.1, -0.05) is 54.6 Å². The van der Waals surface area contributed by atoms with Crippen LogP contribution in [0.4, 0.5) is 44.6 Å². The third-order valence-electron chi connectivity index (χ3n) is 5.82. The highest BCUT2D eigenvalue weighted by Gasteiger charge is 2.41. The van der Waals surface area contributed by atoms with E-state index in [-0.39, 0.29) is 27.6 Å². The molecular formula is C27H19F9N2O2S. The van der Waals surface area contributed by atoms with E-state index >= 15 is 0 Å². The summed E-state index contributed by atoms with van der Waals surface area (Å²) in [6.07, 6.45) is -15.1. The summed E-state index contributed by atoms with van der Waals surface area (Å²) >= 11 is 0.632. The molecule has 0 atom stereocenters. The minimum absolute atomic E-state index is 0.0358. The number of nitrogens with one attached hydrogen (secondary N) is 1. The molecule has 218 valence electrons. The van der Waals surface area contributed by atoms with Crippen LogP contribution < -0.4 is 14.8 Å². The van der Waals surface area contributed by atoms with Crippen molar-refractivity contribution in [1.82, 2.24) is 4.98 Å². The molecule has 0 saturated carbocycles. The molecule has 3 aromatic carbocycles. The lowest BCUT2D eigenvalue weighted by molar-refractivity contribution is -0.275. The standard InChI is InChI=1S/C27H19F9N2O2S/c1-16-22(25(28,29)30)37-23(41-16)38-24(15-17-7-3-2-4-8-17,18-9-5-11-20(13-18)39-26(31,32)33)19-10-6-12-21(14-19)40-27(34,35)36/h2-14H,15H2,1H3,(H,37,38). The molecule has 0 aliphatic heterocycles. The number of halogens is 9. The van der Waals surface area contributed by atoms with E-state index in [1.54, 1.807) is 30.3 Å². The zero-order chi connectivity index (χ0) is 30.1. The number of hydrogen-bond acceptors (Lipinski definition) is 5. The number of nitrogens with zero attached hydrogens (tertiary/aromatic N) is 1. The average Bonchev–Trinajstić information content (AvgIpc) is 3.23. The number of aromatic nitrogens is 1. The predicted octanol–water partition coefficient (Wildman–Crippen LogP) is 8.87. The first kappa shape index (κ1) is 30.0. The Hall–Kier alpha value is -3.94. The maximum Gasteiger partial charge on any atom is 0.573 e. The Bertz CT molecular complexity index is 1420. The molecular weight excluding hydrogens is 587 g/mol. The molecule has 0 radical (unpaired) electrons. The highest BCUT2D eigenvalue weighted by Crippen LogP contribution is 2.43. The number of alkyl halides is 9. The summed E-state index contributed by atoms with van der Waals surface area (Å²) in [5.41, 5.74) is -2.32. The minimum Gasteiger partial charge on any atom is -0.406 e. The molecule has 4 aromatic rings. The molecule has 4 rings (SSSR count). The Morgan fingerprint density at radius 1 is 0.707 bits per heavy atom. The number of hydrogen-bond donors (Lipinski definition) is 1. The first-order valence-corrected chi connectivity index (χ1v) is 12.4. The zero-order valence-corrected chi connectivity index (χ0v) is 21.6. The smallest absolute Gasteiger partial charge is 0.406 e. The van der Waals surface area contributed by atoms with Crippen molar-refractivity contribution in [2.75, 3.05) is 5.32 Å². The third-order valence-corrected chi connectivity index (χ3v) is 6.70. The predicted molar refractivity (Wildman–Crippen MR) is 133 cm³/mol. The van der Waals surface area contributed by atoms with E-state index in [0.29, 0.717) is 16.9 Å². The van der Waals surface area contributed by atoms with E-state index in [9.17, 15) is 39.5 Å². The second-order valence-corrected chi connectivity index (χ2v) is 9.97. The van der Waals surface area contributed by atoms with Gasteiger partial charge in [-0.3, -0.25) is 0 Å². The average molecular weight is 607 g/mol. The Kier molecular flexibility index (Phi) is 8.16. The van der Waals surface area contributed by atoms with Crippen LogP contribution in [0.5, 0.6) is 11.5 Å². The Morgan fingerprint density at radius 2 is 1.22 bits per heavy atom. The molecule has 0 aliphatic rings. The Morgan fingerprint density at radius 3 is 1.66 bits per heavy atom. The summed E-state index contributed by atoms with van der Waals surface area (Å²) in [7, 11) is 0. The summed E-state index contributed by atoms with van der Waals surface area (Å²) in [4.78, 5) is 3.48. The number of benzene rings is 3. The summed E-state index contributed by atoms with van der Waals surface area (Å²) in [5, 5.41) is 2.65. The largest absolute Gasteiger partial charge is 0.573 e. The second kappa shape index (κ2) is 11.1. The van der Waals surface area contributed by atoms with E-state index in [1.165, 1.54) is 31.2 Å². The van der Waals surface area contributed by atoms with E-state index < -0.39 is 41.6 Å². The summed E-state index contributed by atoms with van der Waals surface area (Å²) in [6, 6.07) is 17.5. The lowest BCUT2D eigenvalue weighted by Gasteiger charge is -2.37. The zero-order valence-electron chi connectivity index (χ0n) is 20.8. The van der Waals surface area contributed by atoms with Crippen molar-refractivity contribution in [3.63, 3.8) is 0 Å². The quantitative estimate of drug-likeness (QED) is 0.204. The van der Waals surface area contributed by atoms with Gasteiger partial charge in [-0.2, -0.15) is 13.2 Å². The molecule has 0 fully saturated rings. The number of rotatable bonds is 8. The number of anilines is 1. The number of thiazole rings is 1. The van der Waals surface area contributed by atoms with Crippen LogP contribution in [-0.4, -0.2) is 17.7 Å². The molecule has 1 aromatic heterocycles. The first-order valence-electron chi connectivity index (χ1n) is 11.6. The summed E-state index contributed by atoms with van der Waals surface area (Å²) in [5.74, 6) is -1.30. The van der Waals surface area contributed by atoms with Crippen molar-refractivity contribution in [1.29, 1.82) is 0 Å². The Balaban J connectivity index is 1.98. The maximum absolute atomic E-state index is 13.6. The van der Waals surface area contributed by atoms with Crippen LogP contribution in [0.2, 0.25) is 0 Å². The van der Waals surface area contributed by atoms with E-state index in [0.717, 1.165) is 24.3 Å². The molecule has 0 saturated heterocycles. The minimum atomic E-state index is -5.07. The van der Waals surface area contributed by atoms with Gasteiger partial charge >= 0.3 is 18.9 Å². The Labute approximate surface area is 231 Å². The van der Waals surface area contributed by atoms with Crippen molar-refractivity contribution in [3.05, 3.63) is 106 Å². The highest BCUT2D eigenvalue weighted by molar-refractivity contribution is 7.15. The lowest BCUT2D eigenvalue weighted by Crippen LogP contribution is -2.39. The van der Waals surface area contributed by atoms with Gasteiger partial charge in [0.25, 0.3) is 0 Å². The van der Waals surface area contributed by atoms with Crippen LogP contribution in [0.25, 0.3) is 0 Å². The van der Waals surface area contributed by atoms with Crippen LogP contribution >= 0.6 is 11.3 Å². The summed E-state index contributed by atoms with van der Waals surface area (Å²) in [6.45, 7) is 1.19. The van der Waals surface area contributed by atoms with Gasteiger partial charge in [-0.05, 0) is 47.9 Å². The van der Waals surface area contributed by atoms with Gasteiger partial charge in [0.2, 0.25) is 0 Å². The third kappa shape index (κ3) is 7.63. The van der Waals surface area contributed by atoms with Crippen LogP contribution in [0.1, 0.15) is 27.3 Å². The second-order valence-electron chi connectivity index (χ2n) is 8.77. The van der Waals surface area contributed by atoms with Gasteiger partial charge in [0.05, 0.1) is 5.54 Å². The molecule has 41 heavy (non-hydrogen) atoms. The molecule has 0 spiro atoms. The first-order chi connectivity index (χ1) is 19.0. The topological polar surface area (TPSA) is 43.4 Å². The maximum atomic E-state index is 13.6. The van der Waals surface area contributed by atoms with Crippen molar-refractivity contribution in [2.24, 2.45) is 0 Å². The molecule has 0 unspecified atom stereocenters. The molecule has 0 amide bonds. The van der Waals surface area contributed by atoms with Gasteiger partial charge in [-0.25, -0.2) is 4.98 Å². The van der Waals surface area contributed by atoms with Crippen LogP contribution in [0.3, 0.4) is 0 Å². The van der Waals surface area contributed by atoms with Crippen molar-refractivity contribution >= 4 is 16.5 Å². The highest BCUT2D eigenvalue weighted by atomic mass is 32.1. The SMILES string of the molecule is Cc1sc(NC(Cc2ccccc2)(c2cccc(OC(F)(F)F)c2)c2cccc(OC(F)(F)F)c2)nc1C(F)(F)F. The summed E-state index contributed by atoms with van der Waals surface area (Å²) < 4.78 is 127. The molecule has 0 bridgehead atoms. The van der Waals surface area contributed by atoms with Crippen LogP contribution in [0, 0.1) is 6.92 Å². The molecule has 1 heterocycles. The van der Waals surface area contributed by atoms with E-state index in [4.69, 9.17) is 0 Å². The lowest BCUT2D eigenvalue weighted by atomic mass is 9.78. The van der Waals surface area contributed by atoms with Crippen LogP contribution in [0.15, 0.2) is 78.9 Å². The van der Waals surface area contributed by atoms with Crippen molar-refractivity contribution < 1.29 is 49.0 Å².